The number of hydrogen-bond acceptors (Lipinski definition) is 5. The molecule has 0 amide bonds. The minimum atomic E-state index is -0.572. The first-order chi connectivity index (χ1) is 8.97. The molecule has 9 heteroatoms. The van der Waals surface area contributed by atoms with Crippen molar-refractivity contribution in [1.82, 2.24) is 4.98 Å². The molecule has 0 aliphatic rings. The van der Waals surface area contributed by atoms with Crippen LogP contribution < -0.4 is 10.2 Å². The summed E-state index contributed by atoms with van der Waals surface area (Å²) in [5.41, 5.74) is 0.894. The number of non-ortho nitro benzene ring substituents is 1. The number of nitrogens with zero attached hydrogens (tertiary/aromatic N) is 1. The summed E-state index contributed by atoms with van der Waals surface area (Å²) in [6.45, 7) is 0.315. The van der Waals surface area contributed by atoms with E-state index in [1.165, 1.54) is 12.1 Å². The Labute approximate surface area is 121 Å². The van der Waals surface area contributed by atoms with Crippen LogP contribution in [0.4, 0.5) is 11.4 Å². The number of H-pyrrole nitrogens is 1. The Morgan fingerprint density at radius 3 is 2.47 bits per heavy atom. The van der Waals surface area contributed by atoms with Gasteiger partial charge in [0.15, 0.2) is 0 Å². The molecule has 2 rings (SSSR count). The summed E-state index contributed by atoms with van der Waals surface area (Å²) in [4.78, 5) is 23.5. The molecule has 1 heterocycles. The van der Waals surface area contributed by atoms with Crippen LogP contribution >= 0.6 is 34.5 Å². The first kappa shape index (κ1) is 13.9. The molecular weight excluding hydrogens is 313 g/mol. The number of halogens is 2. The van der Waals surface area contributed by atoms with Gasteiger partial charge in [0, 0.05) is 23.2 Å². The number of nitro groups is 1. The van der Waals surface area contributed by atoms with Crippen LogP contribution in [-0.4, -0.2) is 9.91 Å². The minimum absolute atomic E-state index is 0.150. The highest BCUT2D eigenvalue weighted by molar-refractivity contribution is 7.07. The molecule has 6 nitrogen and oxygen atoms in total. The summed E-state index contributed by atoms with van der Waals surface area (Å²) in [6.07, 6.45) is 0. The molecule has 0 atom stereocenters. The second kappa shape index (κ2) is 5.60. The second-order valence-corrected chi connectivity index (χ2v) is 5.23. The molecule has 0 saturated heterocycles. The van der Waals surface area contributed by atoms with Gasteiger partial charge in [-0.15, -0.1) is 0 Å². The van der Waals surface area contributed by atoms with Crippen LogP contribution in [0, 0.1) is 10.1 Å². The molecule has 19 heavy (non-hydrogen) atoms. The fourth-order valence-corrected chi connectivity index (χ4v) is 2.61. The molecule has 0 radical (unpaired) electrons. The lowest BCUT2D eigenvalue weighted by Gasteiger charge is -2.09. The number of thiazole rings is 1. The number of aromatic nitrogens is 1. The van der Waals surface area contributed by atoms with Crippen molar-refractivity contribution in [2.24, 2.45) is 0 Å². The van der Waals surface area contributed by atoms with Crippen molar-refractivity contribution in [2.45, 2.75) is 6.54 Å². The van der Waals surface area contributed by atoms with Gasteiger partial charge in [-0.05, 0) is 0 Å². The molecule has 2 N–H and O–H groups in total. The first-order valence-corrected chi connectivity index (χ1v) is 6.65. The zero-order valence-corrected chi connectivity index (χ0v) is 11.6. The van der Waals surface area contributed by atoms with Crippen molar-refractivity contribution in [3.63, 3.8) is 0 Å². The monoisotopic (exact) mass is 319 g/mol. The summed E-state index contributed by atoms with van der Waals surface area (Å²) in [5, 5.41) is 15.5. The van der Waals surface area contributed by atoms with Gasteiger partial charge in [0.25, 0.3) is 5.69 Å². The van der Waals surface area contributed by atoms with E-state index < -0.39 is 4.92 Å². The van der Waals surface area contributed by atoms with Gasteiger partial charge in [-0.25, -0.2) is 0 Å². The lowest BCUT2D eigenvalue weighted by Crippen LogP contribution is -2.04. The van der Waals surface area contributed by atoms with Gasteiger partial charge in [-0.1, -0.05) is 34.5 Å². The fourth-order valence-electron chi connectivity index (χ4n) is 1.42. The largest absolute Gasteiger partial charge is 0.377 e. The maximum Gasteiger partial charge on any atom is 0.304 e. The third kappa shape index (κ3) is 3.25. The number of nitrogens with one attached hydrogen (secondary N) is 2. The van der Waals surface area contributed by atoms with E-state index in [2.05, 4.69) is 10.3 Å². The van der Waals surface area contributed by atoms with Gasteiger partial charge in [0.1, 0.15) is 0 Å². The SMILES string of the molecule is O=c1[nH]c(CNc2c(Cl)cc([N+](=O)[O-])cc2Cl)cs1. The van der Waals surface area contributed by atoms with Gasteiger partial charge in [-0.3, -0.25) is 14.9 Å². The summed E-state index contributed by atoms with van der Waals surface area (Å²) < 4.78 is 0. The molecule has 0 unspecified atom stereocenters. The zero-order chi connectivity index (χ0) is 14.0. The molecule has 0 aliphatic heterocycles. The molecule has 100 valence electrons. The normalized spacial score (nSPS) is 10.4. The zero-order valence-electron chi connectivity index (χ0n) is 9.28. The van der Waals surface area contributed by atoms with Gasteiger partial charge < -0.3 is 10.3 Å². The van der Waals surface area contributed by atoms with Crippen LogP contribution in [0.2, 0.25) is 10.0 Å². The summed E-state index contributed by atoms with van der Waals surface area (Å²) in [5.74, 6) is 0. The van der Waals surface area contributed by atoms with E-state index in [0.717, 1.165) is 11.3 Å². The molecule has 1 aromatic heterocycles. The topological polar surface area (TPSA) is 88.0 Å². The van der Waals surface area contributed by atoms with Crippen molar-refractivity contribution in [1.29, 1.82) is 0 Å². The van der Waals surface area contributed by atoms with Crippen molar-refractivity contribution in [3.8, 4) is 0 Å². The Balaban J connectivity index is 2.21. The van der Waals surface area contributed by atoms with E-state index in [-0.39, 0.29) is 20.6 Å². The standard InChI is InChI=1S/C10H7Cl2N3O3S/c11-7-1-6(15(17)18)2-8(12)9(7)13-3-5-4-19-10(16)14-5/h1-2,4,13H,3H2,(H,14,16). The van der Waals surface area contributed by atoms with Crippen molar-refractivity contribution >= 4 is 45.9 Å². The number of rotatable bonds is 4. The van der Waals surface area contributed by atoms with Gasteiger partial charge in [0.2, 0.25) is 0 Å². The molecule has 0 aliphatic carbocycles. The van der Waals surface area contributed by atoms with E-state index >= 15 is 0 Å². The number of aromatic amines is 1. The van der Waals surface area contributed by atoms with E-state index in [4.69, 9.17) is 23.2 Å². The number of nitro benzene ring substituents is 1. The highest BCUT2D eigenvalue weighted by Crippen LogP contribution is 2.34. The molecule has 0 spiro atoms. The summed E-state index contributed by atoms with van der Waals surface area (Å²) >= 11 is 12.9. The van der Waals surface area contributed by atoms with Gasteiger partial charge >= 0.3 is 4.87 Å². The minimum Gasteiger partial charge on any atom is -0.377 e. The highest BCUT2D eigenvalue weighted by Gasteiger charge is 2.14. The Hall–Kier alpha value is -1.57. The molecule has 0 bridgehead atoms. The fraction of sp³-hybridized carbons (Fsp3) is 0.100. The summed E-state index contributed by atoms with van der Waals surface area (Å²) in [7, 11) is 0. The smallest absolute Gasteiger partial charge is 0.304 e. The Morgan fingerprint density at radius 2 is 2.00 bits per heavy atom. The number of benzene rings is 1. The first-order valence-electron chi connectivity index (χ1n) is 5.01. The lowest BCUT2D eigenvalue weighted by atomic mass is 10.2. The summed E-state index contributed by atoms with van der Waals surface area (Å²) in [6, 6.07) is 2.43. The quantitative estimate of drug-likeness (QED) is 0.668. The van der Waals surface area contributed by atoms with Crippen molar-refractivity contribution < 1.29 is 4.92 Å². The predicted molar refractivity (Wildman–Crippen MR) is 75.4 cm³/mol. The van der Waals surface area contributed by atoms with Crippen LogP contribution in [0.1, 0.15) is 5.69 Å². The lowest BCUT2D eigenvalue weighted by molar-refractivity contribution is -0.384. The van der Waals surface area contributed by atoms with E-state index in [9.17, 15) is 14.9 Å². The van der Waals surface area contributed by atoms with Crippen LogP contribution in [0.3, 0.4) is 0 Å². The third-order valence-electron chi connectivity index (χ3n) is 2.26. The second-order valence-electron chi connectivity index (χ2n) is 3.57. The molecular formula is C10H7Cl2N3O3S. The highest BCUT2D eigenvalue weighted by atomic mass is 35.5. The van der Waals surface area contributed by atoms with E-state index in [1.807, 2.05) is 0 Å². The molecule has 2 aromatic rings. The maximum atomic E-state index is 11.0. The average molecular weight is 320 g/mol. The Bertz CT molecular complexity index is 660. The molecule has 0 fully saturated rings. The van der Waals surface area contributed by atoms with Crippen molar-refractivity contribution in [3.05, 3.63) is 53.0 Å². The maximum absolute atomic E-state index is 11.0. The van der Waals surface area contributed by atoms with Gasteiger partial charge in [0.05, 0.1) is 27.2 Å². The van der Waals surface area contributed by atoms with Crippen molar-refractivity contribution in [2.75, 3.05) is 5.32 Å². The number of hydrogen-bond donors (Lipinski definition) is 2. The van der Waals surface area contributed by atoms with Crippen LogP contribution in [0.15, 0.2) is 22.3 Å². The van der Waals surface area contributed by atoms with Crippen LogP contribution in [0.5, 0.6) is 0 Å². The van der Waals surface area contributed by atoms with Gasteiger partial charge in [-0.2, -0.15) is 0 Å². The van der Waals surface area contributed by atoms with Crippen LogP contribution in [-0.2, 0) is 6.54 Å². The molecule has 0 saturated carbocycles. The third-order valence-corrected chi connectivity index (χ3v) is 3.58. The average Bonchev–Trinajstić information content (AvgIpc) is 2.73. The molecule has 1 aromatic carbocycles. The van der Waals surface area contributed by atoms with E-state index in [1.54, 1.807) is 5.38 Å². The number of anilines is 1. The van der Waals surface area contributed by atoms with E-state index in [0.29, 0.717) is 17.9 Å². The van der Waals surface area contributed by atoms with Crippen LogP contribution in [0.25, 0.3) is 0 Å². The Morgan fingerprint density at radius 1 is 1.37 bits per heavy atom. The Kier molecular flexibility index (Phi) is 4.08. The predicted octanol–water partition coefficient (Wildman–Crippen LogP) is 3.26.